The quantitative estimate of drug-likeness (QED) is 0.681. The Kier molecular flexibility index (Phi) is 6.88. The number of ether oxygens (including phenoxy) is 1. The van der Waals surface area contributed by atoms with E-state index in [0.717, 1.165) is 5.56 Å². The van der Waals surface area contributed by atoms with Gasteiger partial charge in [0.2, 0.25) is 15.9 Å². The molecule has 0 aliphatic heterocycles. The Morgan fingerprint density at radius 2 is 1.65 bits per heavy atom. The fourth-order valence-corrected chi connectivity index (χ4v) is 3.22. The minimum atomic E-state index is -3.60. The second kappa shape index (κ2) is 9.12. The normalized spacial score (nSPS) is 11.0. The van der Waals surface area contributed by atoms with Crippen LogP contribution < -0.4 is 10.0 Å². The summed E-state index contributed by atoms with van der Waals surface area (Å²) in [5.41, 5.74) is 1.34. The highest BCUT2D eigenvalue weighted by atomic mass is 32.2. The molecule has 0 aliphatic rings. The number of nitrogens with one attached hydrogen (secondary N) is 2. The number of aryl methyl sites for hydroxylation is 1. The van der Waals surface area contributed by atoms with E-state index in [1.807, 2.05) is 30.3 Å². The fourth-order valence-electron chi connectivity index (χ4n) is 2.22. The zero-order valence-corrected chi connectivity index (χ0v) is 15.1. The summed E-state index contributed by atoms with van der Waals surface area (Å²) < 4.78 is 30.9. The largest absolute Gasteiger partial charge is 0.465 e. The van der Waals surface area contributed by atoms with Crippen LogP contribution in [-0.2, 0) is 26.0 Å². The Labute approximate surface area is 152 Å². The number of carbonyl (C=O) groups is 2. The maximum atomic E-state index is 12.0. The summed E-state index contributed by atoms with van der Waals surface area (Å²) in [5, 5.41) is 2.51. The zero-order chi connectivity index (χ0) is 19.0. The van der Waals surface area contributed by atoms with Gasteiger partial charge in [-0.15, -0.1) is 0 Å². The highest BCUT2D eigenvalue weighted by molar-refractivity contribution is 7.89. The monoisotopic (exact) mass is 376 g/mol. The second-order valence-electron chi connectivity index (χ2n) is 5.46. The van der Waals surface area contributed by atoms with Gasteiger partial charge in [0.25, 0.3) is 0 Å². The lowest BCUT2D eigenvalue weighted by Crippen LogP contribution is -2.35. The molecule has 7 nitrogen and oxygen atoms in total. The molecule has 0 fully saturated rings. The predicted molar refractivity (Wildman–Crippen MR) is 98.3 cm³/mol. The molecule has 2 N–H and O–H groups in total. The van der Waals surface area contributed by atoms with Gasteiger partial charge < -0.3 is 10.1 Å². The highest BCUT2D eigenvalue weighted by Crippen LogP contribution is 2.15. The maximum absolute atomic E-state index is 12.0. The molecular formula is C18H20N2O5S. The van der Waals surface area contributed by atoms with Crippen LogP contribution in [0.5, 0.6) is 0 Å². The molecule has 0 heterocycles. The molecule has 2 rings (SSSR count). The van der Waals surface area contributed by atoms with Crippen molar-refractivity contribution in [3.8, 4) is 0 Å². The first-order valence-electron chi connectivity index (χ1n) is 7.90. The summed E-state index contributed by atoms with van der Waals surface area (Å²) in [6.07, 6.45) is 0.350. The lowest BCUT2D eigenvalue weighted by atomic mass is 10.2. The van der Waals surface area contributed by atoms with Crippen molar-refractivity contribution in [1.82, 2.24) is 4.72 Å². The Balaban J connectivity index is 1.89. The molecule has 2 aromatic rings. The van der Waals surface area contributed by atoms with E-state index in [2.05, 4.69) is 14.8 Å². The standard InChI is InChI=1S/C18H20N2O5S/c1-25-18(22)15-9-5-6-10-16(15)20-17(21)13-19-26(23,24)12-11-14-7-3-2-4-8-14/h2-10,19H,11-13H2,1H3,(H,20,21). The van der Waals surface area contributed by atoms with E-state index in [1.54, 1.807) is 12.1 Å². The van der Waals surface area contributed by atoms with Crippen molar-refractivity contribution >= 4 is 27.6 Å². The van der Waals surface area contributed by atoms with Crippen molar-refractivity contribution in [2.24, 2.45) is 0 Å². The van der Waals surface area contributed by atoms with Crippen molar-refractivity contribution in [3.05, 3.63) is 65.7 Å². The van der Waals surface area contributed by atoms with E-state index >= 15 is 0 Å². The number of esters is 1. The molecule has 2 aromatic carbocycles. The van der Waals surface area contributed by atoms with Crippen LogP contribution in [-0.4, -0.2) is 39.7 Å². The number of sulfonamides is 1. The van der Waals surface area contributed by atoms with E-state index in [4.69, 9.17) is 0 Å². The Morgan fingerprint density at radius 1 is 1.00 bits per heavy atom. The van der Waals surface area contributed by atoms with Gasteiger partial charge >= 0.3 is 5.97 Å². The molecule has 8 heteroatoms. The number of hydrogen-bond acceptors (Lipinski definition) is 5. The lowest BCUT2D eigenvalue weighted by Gasteiger charge is -2.10. The van der Waals surface area contributed by atoms with E-state index in [0.29, 0.717) is 6.42 Å². The van der Waals surface area contributed by atoms with Gasteiger partial charge in [-0.1, -0.05) is 42.5 Å². The molecule has 0 aromatic heterocycles. The van der Waals surface area contributed by atoms with Crippen LogP contribution in [0.25, 0.3) is 0 Å². The van der Waals surface area contributed by atoms with Crippen LogP contribution in [0.3, 0.4) is 0 Å². The highest BCUT2D eigenvalue weighted by Gasteiger charge is 2.16. The topological polar surface area (TPSA) is 102 Å². The maximum Gasteiger partial charge on any atom is 0.339 e. The minimum Gasteiger partial charge on any atom is -0.465 e. The van der Waals surface area contributed by atoms with Crippen LogP contribution in [0.1, 0.15) is 15.9 Å². The summed E-state index contributed by atoms with van der Waals surface area (Å²) >= 11 is 0. The van der Waals surface area contributed by atoms with Gasteiger partial charge in [-0.3, -0.25) is 4.79 Å². The third-order valence-corrected chi connectivity index (χ3v) is 4.89. The van der Waals surface area contributed by atoms with E-state index in [1.165, 1.54) is 19.2 Å². The molecule has 1 amide bonds. The molecule has 138 valence electrons. The van der Waals surface area contributed by atoms with Crippen molar-refractivity contribution < 1.29 is 22.7 Å². The van der Waals surface area contributed by atoms with Gasteiger partial charge in [-0.25, -0.2) is 17.9 Å². The summed E-state index contributed by atoms with van der Waals surface area (Å²) in [6, 6.07) is 15.5. The van der Waals surface area contributed by atoms with Gasteiger partial charge in [0.1, 0.15) is 0 Å². The number of hydrogen-bond donors (Lipinski definition) is 2. The number of methoxy groups -OCH3 is 1. The molecule has 0 radical (unpaired) electrons. The van der Waals surface area contributed by atoms with Crippen molar-refractivity contribution in [2.45, 2.75) is 6.42 Å². The summed E-state index contributed by atoms with van der Waals surface area (Å²) in [6.45, 7) is -0.424. The van der Waals surface area contributed by atoms with Gasteiger partial charge in [-0.05, 0) is 24.1 Å². The molecule has 26 heavy (non-hydrogen) atoms. The average Bonchev–Trinajstić information content (AvgIpc) is 2.66. The minimum absolute atomic E-state index is 0.122. The second-order valence-corrected chi connectivity index (χ2v) is 7.39. The predicted octanol–water partition coefficient (Wildman–Crippen LogP) is 1.57. The van der Waals surface area contributed by atoms with Crippen LogP contribution in [0, 0.1) is 0 Å². The van der Waals surface area contributed by atoms with Gasteiger partial charge in [0.05, 0.1) is 30.7 Å². The van der Waals surface area contributed by atoms with Gasteiger partial charge in [0.15, 0.2) is 0 Å². The number of para-hydroxylation sites is 1. The number of carbonyl (C=O) groups excluding carboxylic acids is 2. The fraction of sp³-hybridized carbons (Fsp3) is 0.222. The van der Waals surface area contributed by atoms with E-state index in [-0.39, 0.29) is 17.0 Å². The molecule has 0 bridgehead atoms. The first-order chi connectivity index (χ1) is 12.4. The molecule has 0 unspecified atom stereocenters. The first-order valence-corrected chi connectivity index (χ1v) is 9.55. The van der Waals surface area contributed by atoms with E-state index in [9.17, 15) is 18.0 Å². The summed E-state index contributed by atoms with van der Waals surface area (Å²) in [4.78, 5) is 23.7. The Hall–Kier alpha value is -2.71. The first kappa shape index (κ1) is 19.6. The summed E-state index contributed by atoms with van der Waals surface area (Å²) in [7, 11) is -2.36. The van der Waals surface area contributed by atoms with E-state index < -0.39 is 28.4 Å². The number of rotatable bonds is 8. The van der Waals surface area contributed by atoms with Crippen LogP contribution in [0.15, 0.2) is 54.6 Å². The molecular weight excluding hydrogens is 356 g/mol. The number of amides is 1. The molecule has 0 aliphatic carbocycles. The molecule has 0 spiro atoms. The number of benzene rings is 2. The molecule has 0 atom stereocenters. The van der Waals surface area contributed by atoms with Gasteiger partial charge in [-0.2, -0.15) is 0 Å². The third-order valence-electron chi connectivity index (χ3n) is 3.56. The van der Waals surface area contributed by atoms with Crippen molar-refractivity contribution in [1.29, 1.82) is 0 Å². The zero-order valence-electron chi connectivity index (χ0n) is 14.3. The smallest absolute Gasteiger partial charge is 0.339 e. The Bertz CT molecular complexity index is 866. The molecule has 0 saturated carbocycles. The third kappa shape index (κ3) is 5.98. The van der Waals surface area contributed by atoms with Crippen molar-refractivity contribution in [3.63, 3.8) is 0 Å². The van der Waals surface area contributed by atoms with Gasteiger partial charge in [0, 0.05) is 0 Å². The molecule has 0 saturated heterocycles. The Morgan fingerprint density at radius 3 is 2.35 bits per heavy atom. The lowest BCUT2D eigenvalue weighted by molar-refractivity contribution is -0.115. The van der Waals surface area contributed by atoms with Crippen LogP contribution >= 0.6 is 0 Å². The SMILES string of the molecule is COC(=O)c1ccccc1NC(=O)CNS(=O)(=O)CCc1ccccc1. The van der Waals surface area contributed by atoms with Crippen LogP contribution in [0.4, 0.5) is 5.69 Å². The van der Waals surface area contributed by atoms with Crippen LogP contribution in [0.2, 0.25) is 0 Å². The summed E-state index contributed by atoms with van der Waals surface area (Å²) in [5.74, 6) is -1.29. The van der Waals surface area contributed by atoms with Crippen molar-refractivity contribution in [2.75, 3.05) is 24.7 Å². The number of anilines is 1. The average molecular weight is 376 g/mol.